The summed E-state index contributed by atoms with van der Waals surface area (Å²) in [5, 5.41) is 3.69. The Labute approximate surface area is 73.3 Å². The minimum Gasteiger partial charge on any atom is -0.315 e. The predicted octanol–water partition coefficient (Wildman–Crippen LogP) is 1.29. The first-order chi connectivity index (χ1) is 5.84. The van der Waals surface area contributed by atoms with E-state index in [1.54, 1.807) is 6.92 Å². The van der Waals surface area contributed by atoms with E-state index in [0.717, 1.165) is 4.68 Å². The van der Waals surface area contributed by atoms with Crippen molar-refractivity contribution in [2.24, 2.45) is 12.8 Å². The van der Waals surface area contributed by atoms with E-state index in [9.17, 15) is 13.2 Å². The number of nitrogens with two attached hydrogens (primary N) is 1. The number of nitrogens with zero attached hydrogens (tertiary/aromatic N) is 2. The maximum Gasteiger partial charge on any atom is 0.409 e. The molecular formula is C7H10F3N3. The normalized spacial score (nSPS) is 14.6. The van der Waals surface area contributed by atoms with E-state index in [1.807, 2.05) is 0 Å². The molecule has 1 heterocycles. The Morgan fingerprint density at radius 2 is 2.08 bits per heavy atom. The van der Waals surface area contributed by atoms with Gasteiger partial charge in [-0.05, 0) is 12.5 Å². The van der Waals surface area contributed by atoms with Gasteiger partial charge in [-0.2, -0.15) is 18.3 Å². The summed E-state index contributed by atoms with van der Waals surface area (Å²) in [6.07, 6.45) is -3.06. The van der Waals surface area contributed by atoms with Crippen molar-refractivity contribution in [3.8, 4) is 0 Å². The van der Waals surface area contributed by atoms with Crippen LogP contribution in [0, 0.1) is 6.92 Å². The van der Waals surface area contributed by atoms with Gasteiger partial charge in [0.25, 0.3) is 0 Å². The Morgan fingerprint density at radius 3 is 2.38 bits per heavy atom. The van der Waals surface area contributed by atoms with Gasteiger partial charge in [0.1, 0.15) is 6.04 Å². The highest BCUT2D eigenvalue weighted by Gasteiger charge is 2.40. The molecule has 0 saturated carbocycles. The summed E-state index contributed by atoms with van der Waals surface area (Å²) in [4.78, 5) is 0. The van der Waals surface area contributed by atoms with Crippen LogP contribution in [0.4, 0.5) is 13.2 Å². The zero-order chi connectivity index (χ0) is 10.2. The van der Waals surface area contributed by atoms with Crippen LogP contribution < -0.4 is 5.73 Å². The Kier molecular flexibility index (Phi) is 2.34. The lowest BCUT2D eigenvalue weighted by Crippen LogP contribution is -2.30. The van der Waals surface area contributed by atoms with Crippen LogP contribution in [-0.2, 0) is 7.05 Å². The third kappa shape index (κ3) is 1.82. The summed E-state index contributed by atoms with van der Waals surface area (Å²) in [5.41, 5.74) is 5.49. The molecule has 0 radical (unpaired) electrons. The fourth-order valence-electron chi connectivity index (χ4n) is 1.16. The lowest BCUT2D eigenvalue weighted by atomic mass is 10.1. The zero-order valence-electron chi connectivity index (χ0n) is 7.26. The summed E-state index contributed by atoms with van der Waals surface area (Å²) >= 11 is 0. The molecule has 1 rings (SSSR count). The molecule has 1 unspecified atom stereocenters. The number of halogens is 3. The summed E-state index contributed by atoms with van der Waals surface area (Å²) in [6.45, 7) is 1.55. The van der Waals surface area contributed by atoms with E-state index >= 15 is 0 Å². The molecule has 0 saturated heterocycles. The first-order valence-corrected chi connectivity index (χ1v) is 3.65. The molecular weight excluding hydrogens is 183 g/mol. The van der Waals surface area contributed by atoms with Gasteiger partial charge in [-0.3, -0.25) is 4.68 Å². The van der Waals surface area contributed by atoms with Gasteiger partial charge in [-0.25, -0.2) is 0 Å². The molecule has 6 heteroatoms. The fraction of sp³-hybridized carbons (Fsp3) is 0.571. The predicted molar refractivity (Wildman–Crippen MR) is 40.9 cm³/mol. The topological polar surface area (TPSA) is 43.8 Å². The van der Waals surface area contributed by atoms with E-state index in [2.05, 4.69) is 5.10 Å². The van der Waals surface area contributed by atoms with E-state index in [-0.39, 0.29) is 5.69 Å². The van der Waals surface area contributed by atoms with Gasteiger partial charge in [0, 0.05) is 7.05 Å². The van der Waals surface area contributed by atoms with Gasteiger partial charge >= 0.3 is 6.18 Å². The van der Waals surface area contributed by atoms with Gasteiger partial charge in [0.2, 0.25) is 0 Å². The molecule has 74 valence electrons. The van der Waals surface area contributed by atoms with E-state index in [4.69, 9.17) is 5.73 Å². The zero-order valence-corrected chi connectivity index (χ0v) is 7.26. The Morgan fingerprint density at radius 1 is 1.54 bits per heavy atom. The number of alkyl halides is 3. The largest absolute Gasteiger partial charge is 0.409 e. The number of aryl methyl sites for hydroxylation is 2. The summed E-state index contributed by atoms with van der Waals surface area (Å²) in [6, 6.07) is -1.96. The van der Waals surface area contributed by atoms with Gasteiger partial charge in [-0.1, -0.05) is 0 Å². The molecule has 0 aliphatic carbocycles. The van der Waals surface area contributed by atoms with Crippen molar-refractivity contribution in [1.82, 2.24) is 9.78 Å². The van der Waals surface area contributed by atoms with Gasteiger partial charge in [0.15, 0.2) is 0 Å². The van der Waals surface area contributed by atoms with Crippen LogP contribution >= 0.6 is 0 Å². The van der Waals surface area contributed by atoms with Crippen molar-refractivity contribution in [2.75, 3.05) is 0 Å². The minimum atomic E-state index is -4.42. The molecule has 0 bridgehead atoms. The first-order valence-electron chi connectivity index (χ1n) is 3.65. The van der Waals surface area contributed by atoms with Crippen molar-refractivity contribution < 1.29 is 13.2 Å². The average molecular weight is 193 g/mol. The lowest BCUT2D eigenvalue weighted by molar-refractivity contribution is -0.150. The molecule has 0 spiro atoms. The van der Waals surface area contributed by atoms with Crippen molar-refractivity contribution in [2.45, 2.75) is 19.1 Å². The number of rotatable bonds is 1. The number of hydrogen-bond acceptors (Lipinski definition) is 2. The molecule has 0 aromatic carbocycles. The van der Waals surface area contributed by atoms with Crippen LogP contribution in [0.1, 0.15) is 17.3 Å². The molecule has 0 aliphatic rings. The van der Waals surface area contributed by atoms with Crippen LogP contribution in [0.25, 0.3) is 0 Å². The molecule has 0 fully saturated rings. The smallest absolute Gasteiger partial charge is 0.315 e. The average Bonchev–Trinajstić information content (AvgIpc) is 2.28. The molecule has 0 amide bonds. The Hall–Kier alpha value is -1.04. The highest BCUT2D eigenvalue weighted by Crippen LogP contribution is 2.31. The van der Waals surface area contributed by atoms with Gasteiger partial charge in [-0.15, -0.1) is 0 Å². The van der Waals surface area contributed by atoms with E-state index in [1.165, 1.54) is 13.2 Å². The third-order valence-corrected chi connectivity index (χ3v) is 1.82. The number of aromatic nitrogens is 2. The maximum atomic E-state index is 12.2. The second-order valence-electron chi connectivity index (χ2n) is 2.86. The molecule has 3 nitrogen and oxygen atoms in total. The molecule has 13 heavy (non-hydrogen) atoms. The van der Waals surface area contributed by atoms with E-state index < -0.39 is 12.2 Å². The maximum absolute atomic E-state index is 12.2. The van der Waals surface area contributed by atoms with Gasteiger partial charge in [0.05, 0.1) is 11.9 Å². The molecule has 1 atom stereocenters. The highest BCUT2D eigenvalue weighted by molar-refractivity contribution is 5.20. The lowest BCUT2D eigenvalue weighted by Gasteiger charge is -2.16. The van der Waals surface area contributed by atoms with Crippen LogP contribution in [0.2, 0.25) is 0 Å². The summed E-state index contributed by atoms with van der Waals surface area (Å²) in [5.74, 6) is 0. The third-order valence-electron chi connectivity index (χ3n) is 1.82. The van der Waals surface area contributed by atoms with Crippen LogP contribution in [0.15, 0.2) is 6.20 Å². The van der Waals surface area contributed by atoms with Crippen molar-refractivity contribution >= 4 is 0 Å². The second-order valence-corrected chi connectivity index (χ2v) is 2.86. The monoisotopic (exact) mass is 193 g/mol. The van der Waals surface area contributed by atoms with Crippen molar-refractivity contribution in [3.63, 3.8) is 0 Å². The second kappa shape index (κ2) is 3.02. The quantitative estimate of drug-likeness (QED) is 0.730. The van der Waals surface area contributed by atoms with Crippen molar-refractivity contribution in [3.05, 3.63) is 17.5 Å². The summed E-state index contributed by atoms with van der Waals surface area (Å²) < 4.78 is 37.8. The highest BCUT2D eigenvalue weighted by atomic mass is 19.4. The van der Waals surface area contributed by atoms with Crippen molar-refractivity contribution in [1.29, 1.82) is 0 Å². The molecule has 1 aromatic rings. The Balaban J connectivity index is 3.08. The standard InChI is InChI=1S/C7H10F3N3/c1-4-3-12-13(2)5(4)6(11)7(8,9)10/h3,6H,11H2,1-2H3. The van der Waals surface area contributed by atoms with Gasteiger partial charge < -0.3 is 5.73 Å². The summed E-state index contributed by atoms with van der Waals surface area (Å²) in [7, 11) is 1.44. The first kappa shape index (κ1) is 10.0. The Bertz CT molecular complexity index is 283. The van der Waals surface area contributed by atoms with Crippen LogP contribution in [0.3, 0.4) is 0 Å². The van der Waals surface area contributed by atoms with Crippen LogP contribution in [0.5, 0.6) is 0 Å². The van der Waals surface area contributed by atoms with E-state index in [0.29, 0.717) is 5.56 Å². The fourth-order valence-corrected chi connectivity index (χ4v) is 1.16. The molecule has 2 N–H and O–H groups in total. The minimum absolute atomic E-state index is 0.00694. The van der Waals surface area contributed by atoms with Crippen LogP contribution in [-0.4, -0.2) is 16.0 Å². The molecule has 1 aromatic heterocycles. The molecule has 0 aliphatic heterocycles. The SMILES string of the molecule is Cc1cnn(C)c1C(N)C(F)(F)F. The number of hydrogen-bond donors (Lipinski definition) is 1.